The van der Waals surface area contributed by atoms with Crippen LogP contribution in [0.1, 0.15) is 35.3 Å². The molecule has 0 aliphatic heterocycles. The second kappa shape index (κ2) is 4.55. The lowest BCUT2D eigenvalue weighted by molar-refractivity contribution is 0.613. The average molecular weight is 252 g/mol. The molecule has 0 bridgehead atoms. The summed E-state index contributed by atoms with van der Waals surface area (Å²) < 4.78 is 3.02. The molecular formula is C12H16N2S2. The van der Waals surface area contributed by atoms with Gasteiger partial charge in [-0.3, -0.25) is 0 Å². The van der Waals surface area contributed by atoms with Crippen molar-refractivity contribution in [2.45, 2.75) is 33.2 Å². The summed E-state index contributed by atoms with van der Waals surface area (Å²) in [4.78, 5) is 5.84. The predicted octanol–water partition coefficient (Wildman–Crippen LogP) is 4.09. The number of thiophene rings is 1. The van der Waals surface area contributed by atoms with Crippen LogP contribution in [0.25, 0.3) is 0 Å². The van der Waals surface area contributed by atoms with Gasteiger partial charge in [0.1, 0.15) is 0 Å². The van der Waals surface area contributed by atoms with Crippen LogP contribution >= 0.6 is 23.6 Å². The van der Waals surface area contributed by atoms with Gasteiger partial charge in [0.15, 0.2) is 4.77 Å². The maximum Gasteiger partial charge on any atom is 0.177 e. The fraction of sp³-hybridized carbons (Fsp3) is 0.417. The number of nitrogens with one attached hydrogen (secondary N) is 1. The molecule has 1 N–H and O–H groups in total. The summed E-state index contributed by atoms with van der Waals surface area (Å²) in [7, 11) is 0. The summed E-state index contributed by atoms with van der Waals surface area (Å²) in [6.45, 7) is 6.49. The molecule has 0 aromatic carbocycles. The lowest BCUT2D eigenvalue weighted by atomic mass is 10.2. The first-order chi connectivity index (χ1) is 7.63. The van der Waals surface area contributed by atoms with E-state index in [-0.39, 0.29) is 0 Å². The Kier molecular flexibility index (Phi) is 3.30. The van der Waals surface area contributed by atoms with Crippen molar-refractivity contribution in [3.63, 3.8) is 0 Å². The van der Waals surface area contributed by atoms with Gasteiger partial charge in [-0.25, -0.2) is 0 Å². The van der Waals surface area contributed by atoms with Gasteiger partial charge >= 0.3 is 0 Å². The first kappa shape index (κ1) is 11.6. The van der Waals surface area contributed by atoms with Crippen LogP contribution < -0.4 is 0 Å². The molecule has 2 nitrogen and oxygen atoms in total. The third kappa shape index (κ3) is 1.99. The van der Waals surface area contributed by atoms with E-state index in [2.05, 4.69) is 42.5 Å². The standard InChI is InChI=1S/C12H16N2S2/c1-4-10-7-13-12(15)14(10)9(3)11-6-5-8(2)16-11/h5-7,9H,4H2,1-3H3,(H,13,15). The molecule has 16 heavy (non-hydrogen) atoms. The van der Waals surface area contributed by atoms with Gasteiger partial charge < -0.3 is 9.55 Å². The first-order valence-corrected chi connectivity index (χ1v) is 6.71. The van der Waals surface area contributed by atoms with Crippen molar-refractivity contribution >= 4 is 23.6 Å². The van der Waals surface area contributed by atoms with Gasteiger partial charge in [-0.15, -0.1) is 11.3 Å². The predicted molar refractivity (Wildman–Crippen MR) is 71.9 cm³/mol. The molecule has 2 heterocycles. The number of hydrogen-bond donors (Lipinski definition) is 1. The highest BCUT2D eigenvalue weighted by molar-refractivity contribution is 7.71. The minimum absolute atomic E-state index is 0.326. The van der Waals surface area contributed by atoms with Crippen LogP contribution in [0.2, 0.25) is 0 Å². The molecule has 2 rings (SSSR count). The molecule has 0 aliphatic rings. The Hall–Kier alpha value is -0.870. The molecule has 1 unspecified atom stereocenters. The smallest absolute Gasteiger partial charge is 0.177 e. The number of nitrogens with zero attached hydrogens (tertiary/aromatic N) is 1. The van der Waals surface area contributed by atoms with Crippen LogP contribution in [-0.4, -0.2) is 9.55 Å². The van der Waals surface area contributed by atoms with Crippen LogP contribution in [0.15, 0.2) is 18.3 Å². The topological polar surface area (TPSA) is 20.7 Å². The van der Waals surface area contributed by atoms with Crippen molar-refractivity contribution in [1.29, 1.82) is 0 Å². The van der Waals surface area contributed by atoms with Crippen LogP contribution in [0.4, 0.5) is 0 Å². The van der Waals surface area contributed by atoms with Crippen LogP contribution in [-0.2, 0) is 6.42 Å². The average Bonchev–Trinajstić information content (AvgIpc) is 2.83. The van der Waals surface area contributed by atoms with Crippen LogP contribution in [0.3, 0.4) is 0 Å². The highest BCUT2D eigenvalue weighted by Gasteiger charge is 2.13. The lowest BCUT2D eigenvalue weighted by Gasteiger charge is -2.14. The molecular weight excluding hydrogens is 236 g/mol. The van der Waals surface area contributed by atoms with E-state index < -0.39 is 0 Å². The number of rotatable bonds is 3. The molecule has 0 amide bonds. The largest absolute Gasteiger partial charge is 0.337 e. The third-order valence-corrected chi connectivity index (χ3v) is 4.30. The van der Waals surface area contributed by atoms with Crippen molar-refractivity contribution in [2.24, 2.45) is 0 Å². The van der Waals surface area contributed by atoms with Gasteiger partial charge in [0, 0.05) is 21.6 Å². The van der Waals surface area contributed by atoms with E-state index in [4.69, 9.17) is 12.2 Å². The Morgan fingerprint density at radius 3 is 2.81 bits per heavy atom. The Morgan fingerprint density at radius 2 is 2.25 bits per heavy atom. The normalized spacial score (nSPS) is 12.9. The summed E-state index contributed by atoms with van der Waals surface area (Å²) in [5, 5.41) is 0. The zero-order chi connectivity index (χ0) is 11.7. The molecule has 0 spiro atoms. The quantitative estimate of drug-likeness (QED) is 0.816. The molecule has 0 saturated carbocycles. The van der Waals surface area contributed by atoms with E-state index in [0.717, 1.165) is 11.2 Å². The Morgan fingerprint density at radius 1 is 1.50 bits per heavy atom. The van der Waals surface area contributed by atoms with Gasteiger partial charge in [-0.05, 0) is 44.6 Å². The van der Waals surface area contributed by atoms with Crippen LogP contribution in [0, 0.1) is 11.7 Å². The third-order valence-electron chi connectivity index (χ3n) is 2.81. The highest BCUT2D eigenvalue weighted by Crippen LogP contribution is 2.27. The highest BCUT2D eigenvalue weighted by atomic mass is 32.1. The monoisotopic (exact) mass is 252 g/mol. The molecule has 0 fully saturated rings. The molecule has 0 aliphatic carbocycles. The maximum atomic E-state index is 5.33. The number of aromatic nitrogens is 2. The van der Waals surface area contributed by atoms with Gasteiger partial charge in [0.25, 0.3) is 0 Å². The maximum absolute atomic E-state index is 5.33. The van der Waals surface area contributed by atoms with E-state index in [1.807, 2.05) is 17.5 Å². The summed E-state index contributed by atoms with van der Waals surface area (Å²) in [6.07, 6.45) is 3.02. The summed E-state index contributed by atoms with van der Waals surface area (Å²) >= 11 is 7.18. The second-order valence-electron chi connectivity index (χ2n) is 3.93. The number of aromatic amines is 1. The second-order valence-corrected chi connectivity index (χ2v) is 5.64. The fourth-order valence-electron chi connectivity index (χ4n) is 1.92. The van der Waals surface area contributed by atoms with E-state index in [0.29, 0.717) is 6.04 Å². The molecule has 4 heteroatoms. The van der Waals surface area contributed by atoms with E-state index in [9.17, 15) is 0 Å². The van der Waals surface area contributed by atoms with Crippen molar-refractivity contribution in [2.75, 3.05) is 0 Å². The van der Waals surface area contributed by atoms with E-state index >= 15 is 0 Å². The summed E-state index contributed by atoms with van der Waals surface area (Å²) in [6, 6.07) is 4.68. The van der Waals surface area contributed by atoms with E-state index in [1.165, 1.54) is 15.4 Å². The minimum atomic E-state index is 0.326. The summed E-state index contributed by atoms with van der Waals surface area (Å²) in [5.41, 5.74) is 1.27. The Labute approximate surface area is 105 Å². The van der Waals surface area contributed by atoms with Gasteiger partial charge in [0.2, 0.25) is 0 Å². The Balaban J connectivity index is 2.44. The number of aryl methyl sites for hydroxylation is 2. The molecule has 2 aromatic rings. The molecule has 1 atom stereocenters. The van der Waals surface area contributed by atoms with Crippen molar-refractivity contribution in [3.8, 4) is 0 Å². The number of hydrogen-bond acceptors (Lipinski definition) is 2. The fourth-order valence-corrected chi connectivity index (χ4v) is 3.17. The van der Waals surface area contributed by atoms with E-state index in [1.54, 1.807) is 0 Å². The Bertz CT molecular complexity index is 533. The molecule has 2 aromatic heterocycles. The lowest BCUT2D eigenvalue weighted by Crippen LogP contribution is -2.08. The zero-order valence-corrected chi connectivity index (χ0v) is 11.4. The van der Waals surface area contributed by atoms with Gasteiger partial charge in [0.05, 0.1) is 6.04 Å². The zero-order valence-electron chi connectivity index (χ0n) is 9.78. The molecule has 0 saturated heterocycles. The van der Waals surface area contributed by atoms with Gasteiger partial charge in [-0.1, -0.05) is 6.92 Å². The minimum Gasteiger partial charge on any atom is -0.337 e. The van der Waals surface area contributed by atoms with Crippen molar-refractivity contribution < 1.29 is 0 Å². The number of H-pyrrole nitrogens is 1. The first-order valence-electron chi connectivity index (χ1n) is 5.48. The van der Waals surface area contributed by atoms with Crippen molar-refractivity contribution in [1.82, 2.24) is 9.55 Å². The SMILES string of the molecule is CCc1c[nH]c(=S)n1C(C)c1ccc(C)s1. The molecule has 0 radical (unpaired) electrons. The molecule has 86 valence electrons. The number of imidazole rings is 1. The summed E-state index contributed by atoms with van der Waals surface area (Å²) in [5.74, 6) is 0. The van der Waals surface area contributed by atoms with Gasteiger partial charge in [-0.2, -0.15) is 0 Å². The van der Waals surface area contributed by atoms with Crippen molar-refractivity contribution in [3.05, 3.63) is 38.5 Å². The van der Waals surface area contributed by atoms with Crippen LogP contribution in [0.5, 0.6) is 0 Å².